The number of aromatic nitrogens is 3. The number of aliphatic carboxylic acids is 1. The van der Waals surface area contributed by atoms with Gasteiger partial charge in [0.15, 0.2) is 11.0 Å². The third-order valence-electron chi connectivity index (χ3n) is 2.57. The predicted octanol–water partition coefficient (Wildman–Crippen LogP) is 2.02. The van der Waals surface area contributed by atoms with E-state index in [-0.39, 0.29) is 5.75 Å². The molecule has 110 valence electrons. The summed E-state index contributed by atoms with van der Waals surface area (Å²) < 4.78 is 1.83. The Morgan fingerprint density at radius 2 is 2.05 bits per heavy atom. The van der Waals surface area contributed by atoms with Crippen LogP contribution >= 0.6 is 23.4 Å². The van der Waals surface area contributed by atoms with Crippen LogP contribution in [0.5, 0.6) is 0 Å². The van der Waals surface area contributed by atoms with Crippen LogP contribution in [-0.2, 0) is 11.3 Å². The van der Waals surface area contributed by atoms with Crippen molar-refractivity contribution in [1.29, 1.82) is 0 Å². The summed E-state index contributed by atoms with van der Waals surface area (Å²) >= 11 is 6.96. The SMILES string of the molecule is C=C(C)Cn1c(SCC(=O)[O-])nnc1-c1ccc(Cl)cc1. The lowest BCUT2D eigenvalue weighted by molar-refractivity contribution is -0.301. The summed E-state index contributed by atoms with van der Waals surface area (Å²) in [4.78, 5) is 10.6. The minimum atomic E-state index is -1.14. The van der Waals surface area contributed by atoms with Crippen LogP contribution in [0.15, 0.2) is 41.6 Å². The smallest absolute Gasteiger partial charge is 0.192 e. The molecular weight excluding hydrogens is 310 g/mol. The summed E-state index contributed by atoms with van der Waals surface area (Å²) in [6.45, 7) is 6.28. The molecule has 2 aromatic rings. The van der Waals surface area contributed by atoms with E-state index in [9.17, 15) is 9.90 Å². The molecule has 0 spiro atoms. The fourth-order valence-electron chi connectivity index (χ4n) is 1.74. The Labute approximate surface area is 131 Å². The Kier molecular flexibility index (Phi) is 5.03. The standard InChI is InChI=1S/C14H14ClN3O2S/c1-9(2)7-18-13(10-3-5-11(15)6-4-10)16-17-14(18)21-8-12(19)20/h3-6H,1,7-8H2,2H3,(H,19,20)/p-1. The molecule has 0 saturated carbocycles. The summed E-state index contributed by atoms with van der Waals surface area (Å²) in [5.41, 5.74) is 1.77. The highest BCUT2D eigenvalue weighted by atomic mass is 35.5. The maximum Gasteiger partial charge on any atom is 0.192 e. The van der Waals surface area contributed by atoms with Gasteiger partial charge in [-0.05, 0) is 31.2 Å². The van der Waals surface area contributed by atoms with Crippen LogP contribution in [0.2, 0.25) is 5.02 Å². The monoisotopic (exact) mass is 322 g/mol. The van der Waals surface area contributed by atoms with Gasteiger partial charge in [-0.25, -0.2) is 0 Å². The Bertz CT molecular complexity index is 667. The van der Waals surface area contributed by atoms with E-state index in [1.165, 1.54) is 0 Å². The number of hydrogen-bond acceptors (Lipinski definition) is 5. The Balaban J connectivity index is 2.38. The molecule has 0 radical (unpaired) electrons. The van der Waals surface area contributed by atoms with Crippen molar-refractivity contribution >= 4 is 29.3 Å². The summed E-state index contributed by atoms with van der Waals surface area (Å²) in [6, 6.07) is 7.22. The molecule has 0 N–H and O–H groups in total. The zero-order valence-electron chi connectivity index (χ0n) is 11.4. The van der Waals surface area contributed by atoms with Crippen LogP contribution in [0.25, 0.3) is 11.4 Å². The van der Waals surface area contributed by atoms with Crippen LogP contribution in [0, 0.1) is 0 Å². The van der Waals surface area contributed by atoms with Gasteiger partial charge in [-0.3, -0.25) is 4.57 Å². The second-order valence-electron chi connectivity index (χ2n) is 4.52. The van der Waals surface area contributed by atoms with Gasteiger partial charge in [0.05, 0.1) is 5.97 Å². The molecule has 0 amide bonds. The number of carboxylic acid groups (broad SMARTS) is 1. The van der Waals surface area contributed by atoms with Gasteiger partial charge in [0.1, 0.15) is 0 Å². The van der Waals surface area contributed by atoms with Crippen LogP contribution in [0.1, 0.15) is 6.92 Å². The first-order valence-corrected chi connectivity index (χ1v) is 7.50. The summed E-state index contributed by atoms with van der Waals surface area (Å²) in [7, 11) is 0. The normalized spacial score (nSPS) is 10.6. The van der Waals surface area contributed by atoms with E-state index >= 15 is 0 Å². The van der Waals surface area contributed by atoms with Crippen molar-refractivity contribution in [3.63, 3.8) is 0 Å². The predicted molar refractivity (Wildman–Crippen MR) is 81.0 cm³/mol. The molecule has 0 bridgehead atoms. The molecule has 0 saturated heterocycles. The van der Waals surface area contributed by atoms with Gasteiger partial charge in [0.2, 0.25) is 0 Å². The summed E-state index contributed by atoms with van der Waals surface area (Å²) in [6.07, 6.45) is 0. The highest BCUT2D eigenvalue weighted by molar-refractivity contribution is 7.99. The Morgan fingerprint density at radius 3 is 2.62 bits per heavy atom. The average Bonchev–Trinajstić information content (AvgIpc) is 2.79. The fourth-order valence-corrected chi connectivity index (χ4v) is 2.52. The van der Waals surface area contributed by atoms with E-state index < -0.39 is 5.97 Å². The maximum atomic E-state index is 10.6. The number of halogens is 1. The number of benzene rings is 1. The van der Waals surface area contributed by atoms with Crippen molar-refractivity contribution in [2.45, 2.75) is 18.6 Å². The largest absolute Gasteiger partial charge is 0.549 e. The van der Waals surface area contributed by atoms with Gasteiger partial charge in [0, 0.05) is 22.9 Å². The van der Waals surface area contributed by atoms with Crippen molar-refractivity contribution in [3.8, 4) is 11.4 Å². The molecule has 1 aromatic heterocycles. The molecule has 0 aliphatic carbocycles. The molecule has 1 heterocycles. The van der Waals surface area contributed by atoms with Gasteiger partial charge in [-0.15, -0.1) is 10.2 Å². The molecule has 0 atom stereocenters. The third-order valence-corrected chi connectivity index (χ3v) is 3.76. The van der Waals surface area contributed by atoms with Crippen molar-refractivity contribution < 1.29 is 9.90 Å². The first kappa shape index (κ1) is 15.6. The minimum Gasteiger partial charge on any atom is -0.549 e. The Hall–Kier alpha value is -1.79. The fraction of sp³-hybridized carbons (Fsp3) is 0.214. The molecular formula is C14H13ClN3O2S-. The average molecular weight is 323 g/mol. The molecule has 0 fully saturated rings. The number of carboxylic acids is 1. The zero-order chi connectivity index (χ0) is 15.4. The van der Waals surface area contributed by atoms with E-state index in [0.717, 1.165) is 22.9 Å². The first-order valence-electron chi connectivity index (χ1n) is 6.13. The van der Waals surface area contributed by atoms with Crippen LogP contribution in [-0.4, -0.2) is 26.5 Å². The topological polar surface area (TPSA) is 70.8 Å². The second-order valence-corrected chi connectivity index (χ2v) is 5.90. The third kappa shape index (κ3) is 4.09. The molecule has 0 unspecified atom stereocenters. The molecule has 7 heteroatoms. The number of carbonyl (C=O) groups excluding carboxylic acids is 1. The van der Waals surface area contributed by atoms with E-state index in [1.54, 1.807) is 12.1 Å². The van der Waals surface area contributed by atoms with Gasteiger partial charge in [-0.1, -0.05) is 35.5 Å². The molecule has 5 nitrogen and oxygen atoms in total. The Morgan fingerprint density at radius 1 is 1.38 bits per heavy atom. The maximum absolute atomic E-state index is 10.6. The zero-order valence-corrected chi connectivity index (χ0v) is 12.9. The molecule has 0 aliphatic heterocycles. The highest BCUT2D eigenvalue weighted by Crippen LogP contribution is 2.25. The highest BCUT2D eigenvalue weighted by Gasteiger charge is 2.14. The lowest BCUT2D eigenvalue weighted by atomic mass is 10.2. The van der Waals surface area contributed by atoms with Crippen LogP contribution in [0.4, 0.5) is 0 Å². The number of nitrogens with zero attached hydrogens (tertiary/aromatic N) is 3. The number of rotatable bonds is 6. The summed E-state index contributed by atoms with van der Waals surface area (Å²) in [5, 5.41) is 19.9. The van der Waals surface area contributed by atoms with Crippen LogP contribution < -0.4 is 5.11 Å². The number of allylic oxidation sites excluding steroid dienone is 1. The van der Waals surface area contributed by atoms with Gasteiger partial charge in [0.25, 0.3) is 0 Å². The van der Waals surface area contributed by atoms with E-state index in [0.29, 0.717) is 22.5 Å². The van der Waals surface area contributed by atoms with Crippen molar-refractivity contribution in [1.82, 2.24) is 14.8 Å². The molecule has 21 heavy (non-hydrogen) atoms. The second kappa shape index (κ2) is 6.78. The van der Waals surface area contributed by atoms with Crippen molar-refractivity contribution in [2.75, 3.05) is 5.75 Å². The first-order chi connectivity index (χ1) is 9.97. The number of hydrogen-bond donors (Lipinski definition) is 0. The van der Waals surface area contributed by atoms with Gasteiger partial charge < -0.3 is 9.90 Å². The summed E-state index contributed by atoms with van der Waals surface area (Å²) in [5.74, 6) is -0.664. The number of thioether (sulfide) groups is 1. The molecule has 1 aromatic carbocycles. The van der Waals surface area contributed by atoms with Gasteiger partial charge >= 0.3 is 0 Å². The van der Waals surface area contributed by atoms with E-state index in [1.807, 2.05) is 23.6 Å². The molecule has 2 rings (SSSR count). The van der Waals surface area contributed by atoms with Crippen molar-refractivity contribution in [3.05, 3.63) is 41.4 Å². The molecule has 0 aliphatic rings. The lowest BCUT2D eigenvalue weighted by Gasteiger charge is -2.10. The lowest BCUT2D eigenvalue weighted by Crippen LogP contribution is -2.24. The minimum absolute atomic E-state index is 0.172. The van der Waals surface area contributed by atoms with E-state index in [4.69, 9.17) is 11.6 Å². The van der Waals surface area contributed by atoms with Crippen molar-refractivity contribution in [2.24, 2.45) is 0 Å². The number of carbonyl (C=O) groups is 1. The van der Waals surface area contributed by atoms with Gasteiger partial charge in [-0.2, -0.15) is 0 Å². The van der Waals surface area contributed by atoms with E-state index in [2.05, 4.69) is 16.8 Å². The van der Waals surface area contributed by atoms with Crippen LogP contribution in [0.3, 0.4) is 0 Å². The quantitative estimate of drug-likeness (QED) is 0.601.